The molecule has 102 valence electrons. The summed E-state index contributed by atoms with van der Waals surface area (Å²) in [6, 6.07) is 0.348. The van der Waals surface area contributed by atoms with Gasteiger partial charge in [0.1, 0.15) is 10.6 Å². The lowest BCUT2D eigenvalue weighted by Crippen LogP contribution is -2.31. The van der Waals surface area contributed by atoms with Gasteiger partial charge in [-0.15, -0.1) is 0 Å². The van der Waals surface area contributed by atoms with Crippen LogP contribution in [0.1, 0.15) is 23.7 Å². The third kappa shape index (κ3) is 3.29. The van der Waals surface area contributed by atoms with Crippen LogP contribution in [0.25, 0.3) is 0 Å². The Labute approximate surface area is 116 Å². The van der Waals surface area contributed by atoms with Crippen molar-refractivity contribution in [2.75, 3.05) is 36.7 Å². The van der Waals surface area contributed by atoms with Crippen LogP contribution >= 0.6 is 23.3 Å². The topological polar surface area (TPSA) is 71.2 Å². The maximum atomic E-state index is 11.8. The Hall–Kier alpha value is -0.950. The zero-order valence-electron chi connectivity index (χ0n) is 11.2. The number of nitrogen functional groups attached to an aromatic ring is 1. The number of carbonyl (C=O) groups is 1. The number of nitrogens with one attached hydrogen (secondary N) is 1. The largest absolute Gasteiger partial charge is 0.382 e. The summed E-state index contributed by atoms with van der Waals surface area (Å²) in [5.41, 5.74) is 6.25. The molecule has 1 aromatic rings. The number of thioether (sulfide) groups is 1. The molecular formula is C11H20N4OS2. The van der Waals surface area contributed by atoms with Crippen molar-refractivity contribution in [3.8, 4) is 0 Å². The molecule has 0 bridgehead atoms. The van der Waals surface area contributed by atoms with Crippen LogP contribution in [0, 0.1) is 0 Å². The third-order valence-corrected chi connectivity index (χ3v) is 4.47. The first-order chi connectivity index (χ1) is 8.52. The van der Waals surface area contributed by atoms with Gasteiger partial charge >= 0.3 is 0 Å². The highest BCUT2D eigenvalue weighted by Crippen LogP contribution is 2.31. The van der Waals surface area contributed by atoms with E-state index in [-0.39, 0.29) is 5.91 Å². The molecule has 1 aromatic heterocycles. The predicted molar refractivity (Wildman–Crippen MR) is 80.8 cm³/mol. The molecule has 0 saturated carbocycles. The van der Waals surface area contributed by atoms with Gasteiger partial charge in [-0.25, -0.2) is 0 Å². The predicted octanol–water partition coefficient (Wildman–Crippen LogP) is 1.66. The minimum absolute atomic E-state index is 0.180. The van der Waals surface area contributed by atoms with Gasteiger partial charge in [0.25, 0.3) is 5.91 Å². The number of nitrogens with two attached hydrogens (primary N) is 1. The Morgan fingerprint density at radius 2 is 2.33 bits per heavy atom. The van der Waals surface area contributed by atoms with Gasteiger partial charge in [-0.2, -0.15) is 16.1 Å². The normalized spacial score (nSPS) is 12.2. The lowest BCUT2D eigenvalue weighted by molar-refractivity contribution is 0.0964. The number of hydrogen-bond donors (Lipinski definition) is 2. The van der Waals surface area contributed by atoms with E-state index in [4.69, 9.17) is 5.73 Å². The average Bonchev–Trinajstić information content (AvgIpc) is 2.75. The van der Waals surface area contributed by atoms with Crippen LogP contribution in [0.2, 0.25) is 0 Å². The summed E-state index contributed by atoms with van der Waals surface area (Å²) >= 11 is 3.09. The zero-order chi connectivity index (χ0) is 13.7. The number of carbonyl (C=O) groups excluding carboxylic acids is 1. The molecule has 1 atom stereocenters. The highest BCUT2D eigenvalue weighted by Gasteiger charge is 2.23. The van der Waals surface area contributed by atoms with E-state index in [1.54, 1.807) is 7.05 Å². The number of hydrogen-bond acceptors (Lipinski definition) is 6. The average molecular weight is 288 g/mol. The first-order valence-corrected chi connectivity index (χ1v) is 7.88. The van der Waals surface area contributed by atoms with E-state index in [0.717, 1.165) is 17.2 Å². The summed E-state index contributed by atoms with van der Waals surface area (Å²) in [6.07, 6.45) is 3.15. The molecule has 0 aromatic carbocycles. The Morgan fingerprint density at radius 1 is 1.67 bits per heavy atom. The van der Waals surface area contributed by atoms with Crippen molar-refractivity contribution in [3.05, 3.63) is 5.56 Å². The van der Waals surface area contributed by atoms with E-state index in [1.165, 1.54) is 11.5 Å². The van der Waals surface area contributed by atoms with Crippen molar-refractivity contribution in [1.29, 1.82) is 0 Å². The van der Waals surface area contributed by atoms with Crippen LogP contribution in [0.4, 0.5) is 10.8 Å². The maximum Gasteiger partial charge on any atom is 0.257 e. The molecule has 7 heteroatoms. The third-order valence-electron chi connectivity index (χ3n) is 2.88. The van der Waals surface area contributed by atoms with E-state index in [1.807, 2.05) is 18.8 Å². The fourth-order valence-corrected chi connectivity index (χ4v) is 3.00. The molecule has 0 radical (unpaired) electrons. The molecule has 0 saturated heterocycles. The Bertz CT molecular complexity index is 408. The van der Waals surface area contributed by atoms with E-state index >= 15 is 0 Å². The SMILES string of the molecule is CNC(=O)c1c(N)nsc1N(C)C(C)CCSC. The fourth-order valence-electron chi connectivity index (χ4n) is 1.55. The van der Waals surface area contributed by atoms with E-state index in [2.05, 4.69) is 27.8 Å². The minimum Gasteiger partial charge on any atom is -0.382 e. The van der Waals surface area contributed by atoms with Gasteiger partial charge in [-0.3, -0.25) is 4.79 Å². The molecule has 1 heterocycles. The quantitative estimate of drug-likeness (QED) is 0.833. The van der Waals surface area contributed by atoms with E-state index in [9.17, 15) is 4.79 Å². The second-order valence-corrected chi connectivity index (χ2v) is 5.81. The molecule has 0 aliphatic heterocycles. The van der Waals surface area contributed by atoms with E-state index < -0.39 is 0 Å². The van der Waals surface area contributed by atoms with Crippen LogP contribution in [0.15, 0.2) is 0 Å². The molecule has 0 fully saturated rings. The first-order valence-electron chi connectivity index (χ1n) is 5.71. The van der Waals surface area contributed by atoms with Crippen LogP contribution in [-0.4, -0.2) is 42.4 Å². The molecule has 0 aliphatic carbocycles. The lowest BCUT2D eigenvalue weighted by Gasteiger charge is -2.25. The summed E-state index contributed by atoms with van der Waals surface area (Å²) in [5.74, 6) is 1.22. The highest BCUT2D eigenvalue weighted by atomic mass is 32.2. The minimum atomic E-state index is -0.180. The molecule has 0 aliphatic rings. The van der Waals surface area contributed by atoms with E-state index in [0.29, 0.717) is 17.4 Å². The maximum absolute atomic E-state index is 11.8. The van der Waals surface area contributed by atoms with Gasteiger partial charge in [0, 0.05) is 20.1 Å². The lowest BCUT2D eigenvalue weighted by atomic mass is 10.2. The number of rotatable bonds is 6. The Morgan fingerprint density at radius 3 is 2.89 bits per heavy atom. The molecule has 1 amide bonds. The summed E-state index contributed by atoms with van der Waals surface area (Å²) in [4.78, 5) is 13.9. The summed E-state index contributed by atoms with van der Waals surface area (Å²) in [6.45, 7) is 2.14. The molecule has 0 spiro atoms. The second-order valence-electron chi connectivity index (χ2n) is 4.07. The van der Waals surface area contributed by atoms with Gasteiger partial charge in [0.05, 0.1) is 0 Å². The van der Waals surface area contributed by atoms with Crippen molar-refractivity contribution in [2.45, 2.75) is 19.4 Å². The highest BCUT2D eigenvalue weighted by molar-refractivity contribution is 7.98. The van der Waals surface area contributed by atoms with Crippen LogP contribution < -0.4 is 16.0 Å². The fraction of sp³-hybridized carbons (Fsp3) is 0.636. The molecular weight excluding hydrogens is 268 g/mol. The molecule has 5 nitrogen and oxygen atoms in total. The second kappa shape index (κ2) is 6.84. The molecule has 3 N–H and O–H groups in total. The first kappa shape index (κ1) is 15.1. The Kier molecular flexibility index (Phi) is 5.74. The van der Waals surface area contributed by atoms with Crippen molar-refractivity contribution in [1.82, 2.24) is 9.69 Å². The van der Waals surface area contributed by atoms with Gasteiger partial charge in [0.2, 0.25) is 0 Å². The van der Waals surface area contributed by atoms with Crippen molar-refractivity contribution < 1.29 is 4.79 Å². The number of anilines is 2. The van der Waals surface area contributed by atoms with Gasteiger partial charge in [0.15, 0.2) is 5.82 Å². The zero-order valence-corrected chi connectivity index (χ0v) is 12.8. The standard InChI is InChI=1S/C11H20N4OS2/c1-7(5-6-17-4)15(3)11-8(10(16)13-2)9(12)14-18-11/h7H,5-6H2,1-4H3,(H2,12,14)(H,13,16). The molecule has 1 unspecified atom stereocenters. The summed E-state index contributed by atoms with van der Waals surface area (Å²) in [5, 5.41) is 3.44. The van der Waals surface area contributed by atoms with Crippen LogP contribution in [0.5, 0.6) is 0 Å². The van der Waals surface area contributed by atoms with Gasteiger partial charge in [-0.1, -0.05) is 0 Å². The van der Waals surface area contributed by atoms with Crippen LogP contribution in [-0.2, 0) is 0 Å². The van der Waals surface area contributed by atoms with Crippen LogP contribution in [0.3, 0.4) is 0 Å². The monoisotopic (exact) mass is 288 g/mol. The molecule has 1 rings (SSSR count). The number of aromatic nitrogens is 1. The van der Waals surface area contributed by atoms with Crippen molar-refractivity contribution in [2.24, 2.45) is 0 Å². The summed E-state index contributed by atoms with van der Waals surface area (Å²) in [7, 11) is 3.57. The molecule has 18 heavy (non-hydrogen) atoms. The smallest absolute Gasteiger partial charge is 0.257 e. The Balaban J connectivity index is 2.92. The van der Waals surface area contributed by atoms with Gasteiger partial charge < -0.3 is 16.0 Å². The van der Waals surface area contributed by atoms with Crippen molar-refractivity contribution in [3.63, 3.8) is 0 Å². The summed E-state index contributed by atoms with van der Waals surface area (Å²) < 4.78 is 4.08. The van der Waals surface area contributed by atoms with Gasteiger partial charge in [-0.05, 0) is 36.9 Å². The number of amides is 1. The van der Waals surface area contributed by atoms with Crippen molar-refractivity contribution >= 4 is 40.0 Å². The number of nitrogens with zero attached hydrogens (tertiary/aromatic N) is 2.